The van der Waals surface area contributed by atoms with Gasteiger partial charge in [0.15, 0.2) is 0 Å². The summed E-state index contributed by atoms with van der Waals surface area (Å²) in [6.45, 7) is 20.8. The fourth-order valence-electron chi connectivity index (χ4n) is 11.2. The van der Waals surface area contributed by atoms with Crippen molar-refractivity contribution in [2.24, 2.45) is 51.2 Å². The Hall–Kier alpha value is -0.380. The first-order valence-electron chi connectivity index (χ1n) is 14.2. The highest BCUT2D eigenvalue weighted by molar-refractivity contribution is 5.21. The van der Waals surface area contributed by atoms with Crippen LogP contribution in [-0.2, 0) is 0 Å². The molecule has 8 unspecified atom stereocenters. The summed E-state index contributed by atoms with van der Waals surface area (Å²) < 4.78 is 0. The molecule has 4 rings (SSSR count). The topological polar surface area (TPSA) is 60.7 Å². The standard InChI is InChI=1S/C31H54O3/c1-19(2)11-10-14-31(9,34)21-12-16-29(7)25(21)22(32)17-23-28(6)15-13-24(33)27(4,5)26(28)20(3)18-30(23,29)8/h11,20-26,32-34H,10,12-18H2,1-9H3/t20-,21?,22?,23?,24?,25?,26?,28?,29+,30?,31-/m0/s1. The second-order valence-corrected chi connectivity index (χ2v) is 15.1. The average Bonchev–Trinajstić information content (AvgIpc) is 3.07. The summed E-state index contributed by atoms with van der Waals surface area (Å²) in [4.78, 5) is 0. The molecule has 11 atom stereocenters. The van der Waals surface area contributed by atoms with Gasteiger partial charge in [-0.05, 0) is 123 Å². The maximum Gasteiger partial charge on any atom is 0.0654 e. The van der Waals surface area contributed by atoms with Crippen LogP contribution < -0.4 is 0 Å². The summed E-state index contributed by atoms with van der Waals surface area (Å²) in [5.74, 6) is 1.78. The van der Waals surface area contributed by atoms with E-state index in [1.807, 2.05) is 6.92 Å². The van der Waals surface area contributed by atoms with Gasteiger partial charge in [0.25, 0.3) is 0 Å². The fourth-order valence-corrected chi connectivity index (χ4v) is 11.2. The van der Waals surface area contributed by atoms with Gasteiger partial charge in [-0.2, -0.15) is 0 Å². The predicted octanol–water partition coefficient (Wildman–Crippen LogP) is 6.75. The van der Waals surface area contributed by atoms with Crippen molar-refractivity contribution in [1.29, 1.82) is 0 Å². The van der Waals surface area contributed by atoms with Crippen molar-refractivity contribution in [3.8, 4) is 0 Å². The minimum atomic E-state index is -0.748. The lowest BCUT2D eigenvalue weighted by atomic mass is 9.33. The van der Waals surface area contributed by atoms with Crippen LogP contribution in [0.1, 0.15) is 114 Å². The van der Waals surface area contributed by atoms with E-state index >= 15 is 0 Å². The minimum absolute atomic E-state index is 0.0307. The fraction of sp³-hybridized carbons (Fsp3) is 0.935. The van der Waals surface area contributed by atoms with Crippen molar-refractivity contribution in [2.45, 2.75) is 131 Å². The zero-order valence-corrected chi connectivity index (χ0v) is 23.6. The van der Waals surface area contributed by atoms with Gasteiger partial charge < -0.3 is 15.3 Å². The summed E-state index contributed by atoms with van der Waals surface area (Å²) in [5, 5.41) is 34.5. The second-order valence-electron chi connectivity index (χ2n) is 15.1. The van der Waals surface area contributed by atoms with Gasteiger partial charge >= 0.3 is 0 Å². The van der Waals surface area contributed by atoms with Gasteiger partial charge in [-0.25, -0.2) is 0 Å². The molecule has 0 spiro atoms. The van der Waals surface area contributed by atoms with Crippen molar-refractivity contribution < 1.29 is 15.3 Å². The molecule has 4 saturated carbocycles. The molecule has 0 bridgehead atoms. The molecular weight excluding hydrogens is 420 g/mol. The van der Waals surface area contributed by atoms with E-state index in [9.17, 15) is 15.3 Å². The van der Waals surface area contributed by atoms with Crippen molar-refractivity contribution in [3.63, 3.8) is 0 Å². The Labute approximate surface area is 209 Å². The van der Waals surface area contributed by atoms with Crippen LogP contribution in [0.2, 0.25) is 0 Å². The van der Waals surface area contributed by atoms with Gasteiger partial charge in [0.1, 0.15) is 0 Å². The zero-order chi connectivity index (χ0) is 25.5. The first-order chi connectivity index (χ1) is 15.5. The molecule has 0 aromatic heterocycles. The van der Waals surface area contributed by atoms with Crippen molar-refractivity contribution in [2.75, 3.05) is 0 Å². The molecule has 0 heterocycles. The first kappa shape index (κ1) is 26.7. The van der Waals surface area contributed by atoms with Crippen LogP contribution >= 0.6 is 0 Å². The van der Waals surface area contributed by atoms with Gasteiger partial charge in [0.2, 0.25) is 0 Å². The van der Waals surface area contributed by atoms with Gasteiger partial charge in [-0.3, -0.25) is 0 Å². The van der Waals surface area contributed by atoms with Gasteiger partial charge in [0, 0.05) is 0 Å². The third-order valence-corrected chi connectivity index (χ3v) is 12.5. The molecule has 4 aliphatic rings. The maximum absolute atomic E-state index is 11.8. The van der Waals surface area contributed by atoms with Crippen LogP contribution in [0.25, 0.3) is 0 Å². The molecule has 34 heavy (non-hydrogen) atoms. The van der Waals surface area contributed by atoms with E-state index in [-0.39, 0.29) is 45.7 Å². The molecule has 0 aromatic carbocycles. The minimum Gasteiger partial charge on any atom is -0.393 e. The van der Waals surface area contributed by atoms with Gasteiger partial charge in [-0.15, -0.1) is 0 Å². The third kappa shape index (κ3) is 3.61. The smallest absolute Gasteiger partial charge is 0.0654 e. The summed E-state index contributed by atoms with van der Waals surface area (Å²) in [6, 6.07) is 0. The Bertz CT molecular complexity index is 809. The van der Waals surface area contributed by atoms with Gasteiger partial charge in [-0.1, -0.05) is 53.2 Å². The molecule has 4 aliphatic carbocycles. The summed E-state index contributed by atoms with van der Waals surface area (Å²) in [5.41, 5.74) is 0.771. The Morgan fingerprint density at radius 1 is 1.00 bits per heavy atom. The Morgan fingerprint density at radius 2 is 1.65 bits per heavy atom. The predicted molar refractivity (Wildman–Crippen MR) is 140 cm³/mol. The van der Waals surface area contributed by atoms with Crippen LogP contribution in [-0.4, -0.2) is 33.1 Å². The molecule has 196 valence electrons. The lowest BCUT2D eigenvalue weighted by Crippen LogP contribution is -2.68. The number of hydrogen-bond donors (Lipinski definition) is 3. The summed E-state index contributed by atoms with van der Waals surface area (Å²) in [6.07, 6.45) is 9.38. The molecule has 0 aromatic rings. The van der Waals surface area contributed by atoms with E-state index in [4.69, 9.17) is 0 Å². The number of aliphatic hydroxyl groups is 3. The van der Waals surface area contributed by atoms with Crippen molar-refractivity contribution in [3.05, 3.63) is 11.6 Å². The van der Waals surface area contributed by atoms with Gasteiger partial charge in [0.05, 0.1) is 17.8 Å². The van der Waals surface area contributed by atoms with Crippen LogP contribution in [0.15, 0.2) is 11.6 Å². The number of allylic oxidation sites excluding steroid dienone is 2. The summed E-state index contributed by atoms with van der Waals surface area (Å²) >= 11 is 0. The van der Waals surface area contributed by atoms with Crippen molar-refractivity contribution >= 4 is 0 Å². The molecule has 0 amide bonds. The molecule has 4 fully saturated rings. The highest BCUT2D eigenvalue weighted by atomic mass is 16.3. The molecule has 0 radical (unpaired) electrons. The molecule has 3 heteroatoms. The monoisotopic (exact) mass is 474 g/mol. The van der Waals surface area contributed by atoms with Crippen LogP contribution in [0.3, 0.4) is 0 Å². The number of hydrogen-bond acceptors (Lipinski definition) is 3. The Balaban J connectivity index is 1.70. The van der Waals surface area contributed by atoms with Crippen LogP contribution in [0, 0.1) is 51.2 Å². The summed E-state index contributed by atoms with van der Waals surface area (Å²) in [7, 11) is 0. The SMILES string of the molecule is CC(C)=CCC[C@](C)(O)C1CC[C@]2(C)C1C(O)CC1C3(C)CCC(O)C(C)(C)C3[C@@H](C)CC12C. The number of fused-ring (bicyclic) bond motifs is 5. The Kier molecular flexibility index (Phi) is 6.53. The highest BCUT2D eigenvalue weighted by Crippen LogP contribution is 2.76. The molecule has 0 aliphatic heterocycles. The maximum atomic E-state index is 11.8. The number of aliphatic hydroxyl groups excluding tert-OH is 2. The lowest BCUT2D eigenvalue weighted by molar-refractivity contribution is -0.261. The van der Waals surface area contributed by atoms with E-state index in [2.05, 4.69) is 61.5 Å². The Morgan fingerprint density at radius 3 is 2.26 bits per heavy atom. The van der Waals surface area contributed by atoms with Crippen LogP contribution in [0.4, 0.5) is 0 Å². The zero-order valence-electron chi connectivity index (χ0n) is 23.6. The molecular formula is C31H54O3. The average molecular weight is 475 g/mol. The van der Waals surface area contributed by atoms with E-state index in [0.717, 1.165) is 44.9 Å². The first-order valence-corrected chi connectivity index (χ1v) is 14.2. The molecule has 3 nitrogen and oxygen atoms in total. The van der Waals surface area contributed by atoms with E-state index < -0.39 is 5.60 Å². The van der Waals surface area contributed by atoms with E-state index in [1.165, 1.54) is 12.0 Å². The lowest BCUT2D eigenvalue weighted by Gasteiger charge is -2.72. The normalized spacial score (nSPS) is 51.6. The van der Waals surface area contributed by atoms with Crippen LogP contribution in [0.5, 0.6) is 0 Å². The second kappa shape index (κ2) is 8.32. The van der Waals surface area contributed by atoms with E-state index in [1.54, 1.807) is 0 Å². The molecule has 0 saturated heterocycles. The van der Waals surface area contributed by atoms with E-state index in [0.29, 0.717) is 17.8 Å². The highest BCUT2D eigenvalue weighted by Gasteiger charge is 2.72. The third-order valence-electron chi connectivity index (χ3n) is 12.5. The molecule has 3 N–H and O–H groups in total. The number of rotatable bonds is 4. The van der Waals surface area contributed by atoms with Crippen molar-refractivity contribution in [1.82, 2.24) is 0 Å². The quantitative estimate of drug-likeness (QED) is 0.395. The largest absolute Gasteiger partial charge is 0.393 e.